The Morgan fingerprint density at radius 1 is 1.00 bits per heavy atom. The number of fused-ring (bicyclic) bond motifs is 2. The maximum absolute atomic E-state index is 14.2. The quantitative estimate of drug-likeness (QED) is 0.542. The molecule has 0 aromatic heterocycles. The van der Waals surface area contributed by atoms with Crippen LogP contribution in [0.25, 0.3) is 0 Å². The Labute approximate surface area is 193 Å². The maximum atomic E-state index is 14.2. The number of alkyl halides is 3. The molecule has 3 aliphatic heterocycles. The van der Waals surface area contributed by atoms with E-state index in [-0.39, 0.29) is 38.2 Å². The number of aliphatic hydroxyl groups is 1. The number of amides is 2. The molecule has 3 aliphatic rings. The fourth-order valence-electron chi connectivity index (χ4n) is 5.30. The number of likely N-dealkylation sites (tertiary alicyclic amines) is 1. The predicted octanol–water partition coefficient (Wildman–Crippen LogP) is 2.40. The van der Waals surface area contributed by atoms with Gasteiger partial charge in [0.1, 0.15) is 11.4 Å². The van der Waals surface area contributed by atoms with Gasteiger partial charge in [-0.2, -0.15) is 13.2 Å². The molecule has 0 saturated carbocycles. The zero-order chi connectivity index (χ0) is 24.3. The van der Waals surface area contributed by atoms with Crippen LogP contribution in [0.3, 0.4) is 0 Å². The average molecular weight is 477 g/mol. The summed E-state index contributed by atoms with van der Waals surface area (Å²) in [6, 6.07) is 10.2. The summed E-state index contributed by atoms with van der Waals surface area (Å²) < 4.78 is 52.7. The zero-order valence-corrected chi connectivity index (χ0v) is 18.1. The number of β-amino-alcohol motifs (C(OH)–C–C–N with tert-alkyl or cyclic N) is 1. The van der Waals surface area contributed by atoms with Crippen LogP contribution in [0.15, 0.2) is 48.5 Å². The van der Waals surface area contributed by atoms with E-state index in [2.05, 4.69) is 0 Å². The minimum absolute atomic E-state index is 0.184. The number of carbonyl (C=O) groups is 2. The van der Waals surface area contributed by atoms with Gasteiger partial charge in [0.05, 0.1) is 24.3 Å². The number of hydrogen-bond donors (Lipinski definition) is 1. The topological polar surface area (TPSA) is 64.1 Å². The smallest absolute Gasteiger partial charge is 0.392 e. The molecular weight excluding hydrogens is 454 g/mol. The Hall–Kier alpha value is -2.82. The van der Waals surface area contributed by atoms with Crippen molar-refractivity contribution in [1.82, 2.24) is 14.7 Å². The van der Waals surface area contributed by atoms with Crippen LogP contribution in [0.2, 0.25) is 0 Å². The fourth-order valence-corrected chi connectivity index (χ4v) is 5.30. The van der Waals surface area contributed by atoms with Crippen molar-refractivity contribution in [2.75, 3.05) is 19.6 Å². The third kappa shape index (κ3) is 3.79. The van der Waals surface area contributed by atoms with Gasteiger partial charge >= 0.3 is 6.18 Å². The SMILES string of the molecule is O=C1[C@@H]2C[C@@H](O)CN2C2(CN(Cc3ccc(C(F)(F)F)cc3)C2)C(=O)N1Cc1ccccc1F. The molecule has 10 heteroatoms. The van der Waals surface area contributed by atoms with Crippen LogP contribution in [0.1, 0.15) is 23.1 Å². The van der Waals surface area contributed by atoms with Gasteiger partial charge in [-0.25, -0.2) is 4.39 Å². The standard InChI is InChI=1S/C24H23F4N3O3/c25-19-4-2-1-3-16(19)11-30-21(33)20-9-18(32)12-31(20)23(22(30)34)13-29(14-23)10-15-5-7-17(8-6-15)24(26,27)28/h1-8,18,20,32H,9-14H2/t18-,20+/m1/s1. The first-order valence-electron chi connectivity index (χ1n) is 11.0. The minimum atomic E-state index is -4.41. The van der Waals surface area contributed by atoms with Gasteiger partial charge in [-0.1, -0.05) is 30.3 Å². The van der Waals surface area contributed by atoms with Crippen molar-refractivity contribution in [2.45, 2.75) is 43.4 Å². The van der Waals surface area contributed by atoms with Gasteiger partial charge in [-0.15, -0.1) is 0 Å². The first-order chi connectivity index (χ1) is 16.1. The Kier molecular flexibility index (Phi) is 5.50. The number of benzene rings is 2. The lowest BCUT2D eigenvalue weighted by atomic mass is 9.82. The Bertz CT molecular complexity index is 1120. The van der Waals surface area contributed by atoms with Crippen molar-refractivity contribution in [3.63, 3.8) is 0 Å². The lowest BCUT2D eigenvalue weighted by Crippen LogP contribution is -2.81. The molecule has 2 atom stereocenters. The Morgan fingerprint density at radius 2 is 1.68 bits per heavy atom. The van der Waals surface area contributed by atoms with Crippen LogP contribution in [-0.2, 0) is 28.9 Å². The van der Waals surface area contributed by atoms with Gasteiger partial charge in [0.2, 0.25) is 5.91 Å². The molecule has 0 aliphatic carbocycles. The fraction of sp³-hybridized carbons (Fsp3) is 0.417. The Morgan fingerprint density at radius 3 is 2.32 bits per heavy atom. The van der Waals surface area contributed by atoms with Gasteiger partial charge < -0.3 is 5.11 Å². The summed E-state index contributed by atoms with van der Waals surface area (Å²) in [5, 5.41) is 10.2. The second kappa shape index (κ2) is 8.14. The lowest BCUT2D eigenvalue weighted by Gasteiger charge is -2.58. The van der Waals surface area contributed by atoms with Crippen LogP contribution < -0.4 is 0 Å². The summed E-state index contributed by atoms with van der Waals surface area (Å²) in [5.41, 5.74) is -0.863. The largest absolute Gasteiger partial charge is 0.416 e. The number of rotatable bonds is 4. The van der Waals surface area contributed by atoms with Crippen LogP contribution >= 0.6 is 0 Å². The van der Waals surface area contributed by atoms with Gasteiger partial charge in [0, 0.05) is 31.7 Å². The summed E-state index contributed by atoms with van der Waals surface area (Å²) in [6.07, 6.45) is -4.97. The highest BCUT2D eigenvalue weighted by atomic mass is 19.4. The first kappa shape index (κ1) is 22.9. The van der Waals surface area contributed by atoms with E-state index in [1.165, 1.54) is 30.3 Å². The zero-order valence-electron chi connectivity index (χ0n) is 18.1. The first-order valence-corrected chi connectivity index (χ1v) is 11.0. The van der Waals surface area contributed by atoms with Crippen molar-refractivity contribution in [2.24, 2.45) is 0 Å². The lowest BCUT2D eigenvalue weighted by molar-refractivity contribution is -0.181. The number of aliphatic hydroxyl groups excluding tert-OH is 1. The van der Waals surface area contributed by atoms with E-state index in [0.717, 1.165) is 17.0 Å². The molecule has 0 bridgehead atoms. The highest BCUT2D eigenvalue weighted by Gasteiger charge is 2.64. The van der Waals surface area contributed by atoms with Crippen molar-refractivity contribution >= 4 is 11.8 Å². The number of hydrogen-bond acceptors (Lipinski definition) is 5. The maximum Gasteiger partial charge on any atom is 0.416 e. The van der Waals surface area contributed by atoms with E-state index in [1.807, 2.05) is 4.90 Å². The van der Waals surface area contributed by atoms with Crippen molar-refractivity contribution in [3.05, 3.63) is 71.0 Å². The number of carbonyl (C=O) groups excluding carboxylic acids is 2. The summed E-state index contributed by atoms with van der Waals surface area (Å²) in [7, 11) is 0. The molecule has 3 saturated heterocycles. The highest BCUT2D eigenvalue weighted by molar-refractivity contribution is 6.06. The molecule has 2 aromatic rings. The van der Waals surface area contributed by atoms with Gasteiger partial charge in [0.15, 0.2) is 0 Å². The molecule has 2 amide bonds. The molecule has 1 N–H and O–H groups in total. The molecule has 0 unspecified atom stereocenters. The molecule has 0 radical (unpaired) electrons. The normalized spacial score (nSPS) is 25.0. The summed E-state index contributed by atoms with van der Waals surface area (Å²) in [6.45, 7) is 0.860. The number of nitrogens with zero attached hydrogens (tertiary/aromatic N) is 3. The van der Waals surface area contributed by atoms with Gasteiger partial charge in [0.25, 0.3) is 5.91 Å². The van der Waals surface area contributed by atoms with E-state index in [0.29, 0.717) is 12.1 Å². The predicted molar refractivity (Wildman–Crippen MR) is 113 cm³/mol. The molecule has 2 aromatic carbocycles. The number of piperazine rings is 1. The third-order valence-corrected chi connectivity index (χ3v) is 6.97. The molecular formula is C24H23F4N3O3. The molecule has 180 valence electrons. The van der Waals surface area contributed by atoms with Crippen LogP contribution in [-0.4, -0.2) is 68.9 Å². The van der Waals surface area contributed by atoms with Crippen LogP contribution in [0.4, 0.5) is 17.6 Å². The Balaban J connectivity index is 1.35. The monoisotopic (exact) mass is 477 g/mol. The van der Waals surface area contributed by atoms with E-state index in [9.17, 15) is 32.3 Å². The van der Waals surface area contributed by atoms with E-state index in [4.69, 9.17) is 0 Å². The van der Waals surface area contributed by atoms with E-state index < -0.39 is 47.1 Å². The van der Waals surface area contributed by atoms with Crippen LogP contribution in [0, 0.1) is 5.82 Å². The molecule has 34 heavy (non-hydrogen) atoms. The van der Waals surface area contributed by atoms with Crippen molar-refractivity contribution in [1.29, 1.82) is 0 Å². The molecule has 6 nitrogen and oxygen atoms in total. The van der Waals surface area contributed by atoms with E-state index >= 15 is 0 Å². The van der Waals surface area contributed by atoms with Crippen molar-refractivity contribution < 1.29 is 32.3 Å². The molecule has 5 rings (SSSR count). The average Bonchev–Trinajstić information content (AvgIpc) is 3.15. The summed E-state index contributed by atoms with van der Waals surface area (Å²) in [5.74, 6) is -1.39. The van der Waals surface area contributed by atoms with E-state index in [1.54, 1.807) is 11.0 Å². The third-order valence-electron chi connectivity index (χ3n) is 6.97. The highest BCUT2D eigenvalue weighted by Crippen LogP contribution is 2.41. The number of halogens is 4. The molecule has 3 fully saturated rings. The summed E-state index contributed by atoms with van der Waals surface area (Å²) >= 11 is 0. The molecule has 1 spiro atoms. The number of imide groups is 1. The van der Waals surface area contributed by atoms with Crippen LogP contribution in [0.5, 0.6) is 0 Å². The van der Waals surface area contributed by atoms with Gasteiger partial charge in [-0.05, 0) is 30.2 Å². The minimum Gasteiger partial charge on any atom is -0.392 e. The second-order valence-corrected chi connectivity index (χ2v) is 9.25. The molecule has 3 heterocycles. The van der Waals surface area contributed by atoms with Gasteiger partial charge in [-0.3, -0.25) is 24.3 Å². The second-order valence-electron chi connectivity index (χ2n) is 9.25. The summed E-state index contributed by atoms with van der Waals surface area (Å²) in [4.78, 5) is 31.4. The van der Waals surface area contributed by atoms with Crippen molar-refractivity contribution in [3.8, 4) is 0 Å².